The molecule has 1 aliphatic carbocycles. The topological polar surface area (TPSA) is 68.3 Å². The standard InChI is InChI=1S/C10H14N2O3S/c1-7-9(15-8-3-4-8)5-6-10(11-7)12-16(2,13)14/h5-6,8H,3-4H2,1-2H3,(H,11,12). The first-order chi connectivity index (χ1) is 7.44. The molecule has 0 unspecified atom stereocenters. The predicted octanol–water partition coefficient (Wildman–Crippen LogP) is 1.30. The molecule has 0 spiro atoms. The molecule has 1 saturated carbocycles. The summed E-state index contributed by atoms with van der Waals surface area (Å²) in [5.41, 5.74) is 0.695. The van der Waals surface area contributed by atoms with Crippen molar-refractivity contribution in [2.75, 3.05) is 11.0 Å². The Balaban J connectivity index is 2.14. The molecule has 1 N–H and O–H groups in total. The van der Waals surface area contributed by atoms with E-state index in [1.54, 1.807) is 19.1 Å². The molecular formula is C10H14N2O3S. The van der Waals surface area contributed by atoms with Crippen LogP contribution in [0.3, 0.4) is 0 Å². The lowest BCUT2D eigenvalue weighted by molar-refractivity contribution is 0.299. The van der Waals surface area contributed by atoms with Gasteiger partial charge in [-0.1, -0.05) is 0 Å². The third kappa shape index (κ3) is 3.10. The summed E-state index contributed by atoms with van der Waals surface area (Å²) in [4.78, 5) is 4.12. The molecule has 0 amide bonds. The number of aryl methyl sites for hydroxylation is 1. The van der Waals surface area contributed by atoms with Crippen molar-refractivity contribution in [3.63, 3.8) is 0 Å². The van der Waals surface area contributed by atoms with Gasteiger partial charge < -0.3 is 4.74 Å². The van der Waals surface area contributed by atoms with Crippen LogP contribution in [-0.2, 0) is 10.0 Å². The van der Waals surface area contributed by atoms with Gasteiger partial charge >= 0.3 is 0 Å². The lowest BCUT2D eigenvalue weighted by Crippen LogP contribution is -2.11. The minimum Gasteiger partial charge on any atom is -0.489 e. The highest BCUT2D eigenvalue weighted by Gasteiger charge is 2.24. The molecule has 0 saturated heterocycles. The molecule has 2 rings (SSSR count). The van der Waals surface area contributed by atoms with Crippen LogP contribution in [0.4, 0.5) is 5.82 Å². The number of anilines is 1. The Labute approximate surface area is 94.9 Å². The second-order valence-electron chi connectivity index (χ2n) is 3.97. The largest absolute Gasteiger partial charge is 0.489 e. The molecule has 0 bridgehead atoms. The second kappa shape index (κ2) is 3.93. The SMILES string of the molecule is Cc1nc(NS(C)(=O)=O)ccc1OC1CC1. The Morgan fingerprint density at radius 3 is 2.62 bits per heavy atom. The van der Waals surface area contributed by atoms with E-state index in [1.807, 2.05) is 0 Å². The zero-order chi connectivity index (χ0) is 11.8. The van der Waals surface area contributed by atoms with Crippen LogP contribution in [0.25, 0.3) is 0 Å². The van der Waals surface area contributed by atoms with E-state index in [1.165, 1.54) is 0 Å². The maximum absolute atomic E-state index is 11.0. The van der Waals surface area contributed by atoms with Gasteiger partial charge in [-0.3, -0.25) is 4.72 Å². The summed E-state index contributed by atoms with van der Waals surface area (Å²) in [6.45, 7) is 1.80. The van der Waals surface area contributed by atoms with E-state index in [2.05, 4.69) is 9.71 Å². The minimum absolute atomic E-state index is 0.314. The van der Waals surface area contributed by atoms with Gasteiger partial charge in [-0.15, -0.1) is 0 Å². The van der Waals surface area contributed by atoms with Crippen LogP contribution in [0.15, 0.2) is 12.1 Å². The highest BCUT2D eigenvalue weighted by Crippen LogP contribution is 2.28. The molecule has 16 heavy (non-hydrogen) atoms. The van der Waals surface area contributed by atoms with E-state index in [9.17, 15) is 8.42 Å². The highest BCUT2D eigenvalue weighted by atomic mass is 32.2. The van der Waals surface area contributed by atoms with E-state index in [0.29, 0.717) is 17.6 Å². The quantitative estimate of drug-likeness (QED) is 0.864. The van der Waals surface area contributed by atoms with E-state index < -0.39 is 10.0 Å². The van der Waals surface area contributed by atoms with Gasteiger partial charge in [-0.25, -0.2) is 13.4 Å². The summed E-state index contributed by atoms with van der Waals surface area (Å²) in [5, 5.41) is 0. The normalized spacial score (nSPS) is 15.9. The van der Waals surface area contributed by atoms with Crippen molar-refractivity contribution in [2.45, 2.75) is 25.9 Å². The van der Waals surface area contributed by atoms with Crippen LogP contribution in [0.1, 0.15) is 18.5 Å². The van der Waals surface area contributed by atoms with Gasteiger partial charge in [0, 0.05) is 0 Å². The fraction of sp³-hybridized carbons (Fsp3) is 0.500. The molecule has 5 nitrogen and oxygen atoms in total. The van der Waals surface area contributed by atoms with Gasteiger partial charge in [0.25, 0.3) is 0 Å². The fourth-order valence-corrected chi connectivity index (χ4v) is 1.78. The molecule has 1 heterocycles. The number of ether oxygens (including phenoxy) is 1. The molecular weight excluding hydrogens is 228 g/mol. The van der Waals surface area contributed by atoms with Crippen molar-refractivity contribution in [2.24, 2.45) is 0 Å². The third-order valence-electron chi connectivity index (χ3n) is 2.15. The van der Waals surface area contributed by atoms with Crippen LogP contribution >= 0.6 is 0 Å². The van der Waals surface area contributed by atoms with Crippen molar-refractivity contribution < 1.29 is 13.2 Å². The Kier molecular flexibility index (Phi) is 2.75. The lowest BCUT2D eigenvalue weighted by atomic mass is 10.3. The summed E-state index contributed by atoms with van der Waals surface area (Å²) in [6, 6.07) is 3.35. The predicted molar refractivity (Wildman–Crippen MR) is 61.1 cm³/mol. The zero-order valence-corrected chi connectivity index (χ0v) is 10.0. The zero-order valence-electron chi connectivity index (χ0n) is 9.23. The van der Waals surface area contributed by atoms with Gasteiger partial charge in [-0.05, 0) is 31.9 Å². The molecule has 1 aliphatic rings. The van der Waals surface area contributed by atoms with Crippen molar-refractivity contribution in [3.8, 4) is 5.75 Å². The molecule has 88 valence electrons. The monoisotopic (exact) mass is 242 g/mol. The average molecular weight is 242 g/mol. The molecule has 0 radical (unpaired) electrons. The highest BCUT2D eigenvalue weighted by molar-refractivity contribution is 7.92. The van der Waals surface area contributed by atoms with E-state index in [-0.39, 0.29) is 0 Å². The molecule has 1 aromatic rings. The molecule has 1 aromatic heterocycles. The number of hydrogen-bond acceptors (Lipinski definition) is 4. The van der Waals surface area contributed by atoms with E-state index >= 15 is 0 Å². The van der Waals surface area contributed by atoms with Gasteiger partial charge in [0.15, 0.2) is 0 Å². The van der Waals surface area contributed by atoms with Gasteiger partial charge in [0.2, 0.25) is 10.0 Å². The van der Waals surface area contributed by atoms with Crippen LogP contribution in [0.5, 0.6) is 5.75 Å². The fourth-order valence-electron chi connectivity index (χ4n) is 1.29. The summed E-state index contributed by atoms with van der Waals surface area (Å²) < 4.78 is 29.9. The third-order valence-corrected chi connectivity index (χ3v) is 2.73. The first kappa shape index (κ1) is 11.2. The molecule has 6 heteroatoms. The Bertz CT molecular complexity index is 495. The van der Waals surface area contributed by atoms with E-state index in [4.69, 9.17) is 4.74 Å². The minimum atomic E-state index is -3.27. The molecule has 0 aliphatic heterocycles. The van der Waals surface area contributed by atoms with Crippen molar-refractivity contribution in [1.29, 1.82) is 0 Å². The first-order valence-corrected chi connectivity index (χ1v) is 6.95. The summed E-state index contributed by atoms with van der Waals surface area (Å²) in [6.07, 6.45) is 3.58. The number of nitrogens with one attached hydrogen (secondary N) is 1. The van der Waals surface area contributed by atoms with E-state index in [0.717, 1.165) is 24.8 Å². The number of rotatable bonds is 4. The number of hydrogen-bond donors (Lipinski definition) is 1. The summed E-state index contributed by atoms with van der Waals surface area (Å²) >= 11 is 0. The number of nitrogens with zero attached hydrogens (tertiary/aromatic N) is 1. The van der Waals surface area contributed by atoms with Crippen molar-refractivity contribution >= 4 is 15.8 Å². The van der Waals surface area contributed by atoms with Gasteiger partial charge in [0.05, 0.1) is 18.1 Å². The van der Waals surface area contributed by atoms with Crippen molar-refractivity contribution in [1.82, 2.24) is 4.98 Å². The number of sulfonamides is 1. The number of pyridine rings is 1. The summed E-state index contributed by atoms with van der Waals surface area (Å²) in [7, 11) is -3.27. The van der Waals surface area contributed by atoms with Gasteiger partial charge in [0.1, 0.15) is 11.6 Å². The van der Waals surface area contributed by atoms with Crippen molar-refractivity contribution in [3.05, 3.63) is 17.8 Å². The molecule has 1 fully saturated rings. The van der Waals surface area contributed by atoms with Crippen LogP contribution in [0.2, 0.25) is 0 Å². The lowest BCUT2D eigenvalue weighted by Gasteiger charge is -2.09. The maximum atomic E-state index is 11.0. The molecule has 0 aromatic carbocycles. The van der Waals surface area contributed by atoms with Gasteiger partial charge in [-0.2, -0.15) is 0 Å². The van der Waals surface area contributed by atoms with Crippen LogP contribution < -0.4 is 9.46 Å². The maximum Gasteiger partial charge on any atom is 0.230 e. The Hall–Kier alpha value is -1.30. The smallest absolute Gasteiger partial charge is 0.230 e. The van der Waals surface area contributed by atoms with Crippen LogP contribution in [0, 0.1) is 6.92 Å². The summed E-state index contributed by atoms with van der Waals surface area (Å²) in [5.74, 6) is 1.05. The molecule has 0 atom stereocenters. The average Bonchev–Trinajstić information content (AvgIpc) is 2.90. The Morgan fingerprint density at radius 2 is 2.12 bits per heavy atom. The first-order valence-electron chi connectivity index (χ1n) is 5.06. The Morgan fingerprint density at radius 1 is 1.44 bits per heavy atom. The van der Waals surface area contributed by atoms with Crippen LogP contribution in [-0.4, -0.2) is 25.8 Å². The number of aromatic nitrogens is 1. The second-order valence-corrected chi connectivity index (χ2v) is 5.72.